The maximum Gasteiger partial charge on any atom is 0.153 e. The van der Waals surface area contributed by atoms with Gasteiger partial charge in [0.1, 0.15) is 5.82 Å². The zero-order chi connectivity index (χ0) is 16.1. The first kappa shape index (κ1) is 14.6. The lowest BCUT2D eigenvalue weighted by Crippen LogP contribution is -2.21. The van der Waals surface area contributed by atoms with Crippen LogP contribution in [-0.4, -0.2) is 38.2 Å². The molecule has 0 amide bonds. The molecule has 5 rings (SSSR count). The number of aryl methyl sites for hydroxylation is 1. The predicted molar refractivity (Wildman–Crippen MR) is 91.6 cm³/mol. The molecule has 0 aromatic carbocycles. The first-order valence-electron chi connectivity index (χ1n) is 9.33. The molecular weight excluding hydrogens is 298 g/mol. The summed E-state index contributed by atoms with van der Waals surface area (Å²) in [7, 11) is 0. The third-order valence-electron chi connectivity index (χ3n) is 5.97. The first-order chi connectivity index (χ1) is 11.8. The standard InChI is InChI=1S/C19H25N5/c1-12-3-2-8-20-17(12)11-24-9-15(13-4-5-13)16(10-24)19-21-18(22-23-19)14-6-7-14/h2-3,8,13-16H,4-7,9-11H2,1H3,(H,21,22,23)/t15-,16+/m1/s1. The van der Waals surface area contributed by atoms with E-state index >= 15 is 0 Å². The minimum Gasteiger partial charge on any atom is -0.296 e. The molecule has 0 bridgehead atoms. The van der Waals surface area contributed by atoms with Crippen LogP contribution in [0.15, 0.2) is 18.3 Å². The van der Waals surface area contributed by atoms with E-state index in [1.807, 2.05) is 12.3 Å². The molecule has 2 aromatic heterocycles. The summed E-state index contributed by atoms with van der Waals surface area (Å²) in [5.74, 6) is 4.95. The summed E-state index contributed by atoms with van der Waals surface area (Å²) in [6.45, 7) is 5.37. The van der Waals surface area contributed by atoms with Crippen LogP contribution in [0, 0.1) is 18.8 Å². The van der Waals surface area contributed by atoms with Gasteiger partial charge in [0.2, 0.25) is 0 Å². The third-order valence-corrected chi connectivity index (χ3v) is 5.97. The van der Waals surface area contributed by atoms with Crippen molar-refractivity contribution >= 4 is 0 Å². The van der Waals surface area contributed by atoms with Crippen LogP contribution in [0.2, 0.25) is 0 Å². The second-order valence-electron chi connectivity index (χ2n) is 7.92. The number of nitrogens with zero attached hydrogens (tertiary/aromatic N) is 4. The Bertz CT molecular complexity index is 731. The first-order valence-corrected chi connectivity index (χ1v) is 9.33. The van der Waals surface area contributed by atoms with Crippen LogP contribution in [0.3, 0.4) is 0 Å². The Hall–Kier alpha value is -1.75. The van der Waals surface area contributed by atoms with Crippen LogP contribution in [0.4, 0.5) is 0 Å². The molecular formula is C19H25N5. The van der Waals surface area contributed by atoms with Crippen molar-refractivity contribution in [1.29, 1.82) is 0 Å². The van der Waals surface area contributed by atoms with E-state index in [4.69, 9.17) is 4.98 Å². The molecule has 2 aromatic rings. The molecule has 1 aliphatic heterocycles. The summed E-state index contributed by atoms with van der Waals surface area (Å²) in [5.41, 5.74) is 2.50. The van der Waals surface area contributed by atoms with E-state index in [1.165, 1.54) is 43.5 Å². The second-order valence-corrected chi connectivity index (χ2v) is 7.92. The molecule has 1 saturated heterocycles. The summed E-state index contributed by atoms with van der Waals surface area (Å²) in [5, 5.41) is 7.77. The van der Waals surface area contributed by atoms with E-state index in [2.05, 4.69) is 33.1 Å². The lowest BCUT2D eigenvalue weighted by Gasteiger charge is -2.16. The zero-order valence-corrected chi connectivity index (χ0v) is 14.3. The van der Waals surface area contributed by atoms with Crippen LogP contribution >= 0.6 is 0 Å². The fourth-order valence-electron chi connectivity index (χ4n) is 4.21. The highest BCUT2D eigenvalue weighted by Gasteiger charge is 2.44. The average molecular weight is 323 g/mol. The maximum atomic E-state index is 4.86. The molecule has 5 heteroatoms. The van der Waals surface area contributed by atoms with Gasteiger partial charge in [0, 0.05) is 37.7 Å². The van der Waals surface area contributed by atoms with Crippen molar-refractivity contribution < 1.29 is 0 Å². The number of H-pyrrole nitrogens is 1. The topological polar surface area (TPSA) is 57.7 Å². The number of aromatic nitrogens is 4. The second kappa shape index (κ2) is 5.66. The molecule has 5 nitrogen and oxygen atoms in total. The van der Waals surface area contributed by atoms with Crippen LogP contribution in [0.5, 0.6) is 0 Å². The number of nitrogens with one attached hydrogen (secondary N) is 1. The number of hydrogen-bond donors (Lipinski definition) is 1. The van der Waals surface area contributed by atoms with Crippen LogP contribution in [-0.2, 0) is 6.54 Å². The molecule has 0 spiro atoms. The van der Waals surface area contributed by atoms with Gasteiger partial charge in [-0.25, -0.2) is 4.98 Å². The average Bonchev–Trinajstić information content (AvgIpc) is 3.52. The molecule has 3 aliphatic rings. The molecule has 0 unspecified atom stereocenters. The molecule has 3 heterocycles. The summed E-state index contributed by atoms with van der Waals surface area (Å²) >= 11 is 0. The van der Waals surface area contributed by atoms with Crippen molar-refractivity contribution in [3.05, 3.63) is 41.2 Å². The van der Waals surface area contributed by atoms with Gasteiger partial charge in [-0.05, 0) is 56.1 Å². The van der Waals surface area contributed by atoms with Crippen LogP contribution < -0.4 is 0 Å². The molecule has 24 heavy (non-hydrogen) atoms. The Kier molecular flexibility index (Phi) is 3.44. The van der Waals surface area contributed by atoms with Gasteiger partial charge < -0.3 is 0 Å². The molecule has 3 fully saturated rings. The SMILES string of the molecule is Cc1cccnc1CN1C[C@H](c2nc(C3CC3)n[nH]2)[C@@H](C2CC2)C1. The summed E-state index contributed by atoms with van der Waals surface area (Å²) in [4.78, 5) is 12.0. The Balaban J connectivity index is 1.35. The quantitative estimate of drug-likeness (QED) is 0.919. The van der Waals surface area contributed by atoms with Crippen molar-refractivity contribution in [2.75, 3.05) is 13.1 Å². The highest BCUT2D eigenvalue weighted by atomic mass is 15.2. The smallest absolute Gasteiger partial charge is 0.153 e. The van der Waals surface area contributed by atoms with Crippen LogP contribution in [0.25, 0.3) is 0 Å². The highest BCUT2D eigenvalue weighted by molar-refractivity contribution is 5.19. The van der Waals surface area contributed by atoms with Gasteiger partial charge in [-0.2, -0.15) is 5.10 Å². The third kappa shape index (κ3) is 2.75. The number of pyridine rings is 1. The Morgan fingerprint density at radius 1 is 1.21 bits per heavy atom. The number of likely N-dealkylation sites (tertiary alicyclic amines) is 1. The van der Waals surface area contributed by atoms with Gasteiger partial charge in [0.05, 0.1) is 5.69 Å². The molecule has 2 atom stereocenters. The fourth-order valence-corrected chi connectivity index (χ4v) is 4.21. The van der Waals surface area contributed by atoms with Crippen molar-refractivity contribution in [2.45, 2.75) is 51.0 Å². The summed E-state index contributed by atoms with van der Waals surface area (Å²) in [6, 6.07) is 4.18. The van der Waals surface area contributed by atoms with E-state index in [-0.39, 0.29) is 0 Å². The van der Waals surface area contributed by atoms with Gasteiger partial charge in [0.15, 0.2) is 5.82 Å². The van der Waals surface area contributed by atoms with E-state index in [0.29, 0.717) is 11.8 Å². The molecule has 1 N–H and O–H groups in total. The van der Waals surface area contributed by atoms with E-state index in [9.17, 15) is 0 Å². The number of aromatic amines is 1. The van der Waals surface area contributed by atoms with Crippen molar-refractivity contribution in [2.24, 2.45) is 11.8 Å². The fraction of sp³-hybridized carbons (Fsp3) is 0.632. The van der Waals surface area contributed by atoms with Crippen molar-refractivity contribution in [1.82, 2.24) is 25.1 Å². The predicted octanol–water partition coefficient (Wildman–Crippen LogP) is 3.01. The monoisotopic (exact) mass is 323 g/mol. The maximum absolute atomic E-state index is 4.86. The minimum atomic E-state index is 0.515. The van der Waals surface area contributed by atoms with Gasteiger partial charge in [0.25, 0.3) is 0 Å². The highest BCUT2D eigenvalue weighted by Crippen LogP contribution is 2.47. The normalized spacial score (nSPS) is 27.7. The van der Waals surface area contributed by atoms with E-state index in [0.717, 1.165) is 36.6 Å². The lowest BCUT2D eigenvalue weighted by atomic mass is 9.91. The van der Waals surface area contributed by atoms with Gasteiger partial charge in [-0.3, -0.25) is 15.0 Å². The number of rotatable bonds is 5. The van der Waals surface area contributed by atoms with Gasteiger partial charge in [-0.1, -0.05) is 6.07 Å². The largest absolute Gasteiger partial charge is 0.296 e. The van der Waals surface area contributed by atoms with Crippen LogP contribution in [0.1, 0.15) is 60.4 Å². The van der Waals surface area contributed by atoms with Crippen molar-refractivity contribution in [3.63, 3.8) is 0 Å². The lowest BCUT2D eigenvalue weighted by molar-refractivity contribution is 0.305. The van der Waals surface area contributed by atoms with Gasteiger partial charge >= 0.3 is 0 Å². The Morgan fingerprint density at radius 2 is 2.08 bits per heavy atom. The zero-order valence-electron chi connectivity index (χ0n) is 14.3. The Morgan fingerprint density at radius 3 is 2.83 bits per heavy atom. The number of hydrogen-bond acceptors (Lipinski definition) is 4. The van der Waals surface area contributed by atoms with E-state index < -0.39 is 0 Å². The van der Waals surface area contributed by atoms with Crippen molar-refractivity contribution in [3.8, 4) is 0 Å². The van der Waals surface area contributed by atoms with E-state index in [1.54, 1.807) is 0 Å². The summed E-state index contributed by atoms with van der Waals surface area (Å²) in [6.07, 6.45) is 7.22. The molecule has 2 saturated carbocycles. The molecule has 126 valence electrons. The minimum absolute atomic E-state index is 0.515. The molecule has 0 radical (unpaired) electrons. The van der Waals surface area contributed by atoms with Gasteiger partial charge in [-0.15, -0.1) is 0 Å². The summed E-state index contributed by atoms with van der Waals surface area (Å²) < 4.78 is 0. The molecule has 2 aliphatic carbocycles. The Labute approximate surface area is 142 Å².